The SMILES string of the molecule is COc1nc2ccc(Cl)cc2cc1[C@@H](C)CC(C)(C)S(N)=O. The minimum atomic E-state index is -1.39. The molecule has 0 saturated carbocycles. The second-order valence-corrected chi connectivity index (χ2v) is 8.22. The maximum atomic E-state index is 11.7. The van der Waals surface area contributed by atoms with E-state index in [4.69, 9.17) is 21.5 Å². The average Bonchev–Trinajstić information content (AvgIpc) is 2.45. The van der Waals surface area contributed by atoms with Crippen LogP contribution in [0.1, 0.15) is 38.7 Å². The van der Waals surface area contributed by atoms with E-state index in [2.05, 4.69) is 11.9 Å². The minimum absolute atomic E-state index is 0.105. The van der Waals surface area contributed by atoms with Gasteiger partial charge in [-0.1, -0.05) is 18.5 Å². The number of nitrogens with zero attached hydrogens (tertiary/aromatic N) is 1. The number of nitrogens with two attached hydrogens (primary N) is 1. The third kappa shape index (κ3) is 3.59. The molecule has 2 rings (SSSR count). The van der Waals surface area contributed by atoms with E-state index in [1.54, 1.807) is 13.2 Å². The molecule has 0 aliphatic heterocycles. The zero-order valence-corrected chi connectivity index (χ0v) is 14.8. The van der Waals surface area contributed by atoms with Crippen LogP contribution in [0.5, 0.6) is 5.88 Å². The van der Waals surface area contributed by atoms with E-state index in [1.807, 2.05) is 32.0 Å². The van der Waals surface area contributed by atoms with Crippen LogP contribution in [-0.2, 0) is 11.0 Å². The Morgan fingerprint density at radius 3 is 2.68 bits per heavy atom. The first-order chi connectivity index (χ1) is 10.2. The van der Waals surface area contributed by atoms with Crippen molar-refractivity contribution >= 4 is 33.5 Å². The van der Waals surface area contributed by atoms with Gasteiger partial charge in [0.1, 0.15) is 0 Å². The first-order valence-corrected chi connectivity index (χ1v) is 8.64. The van der Waals surface area contributed by atoms with Gasteiger partial charge in [0.15, 0.2) is 0 Å². The van der Waals surface area contributed by atoms with Crippen molar-refractivity contribution in [2.75, 3.05) is 7.11 Å². The highest BCUT2D eigenvalue weighted by molar-refractivity contribution is 7.84. The smallest absolute Gasteiger partial charge is 0.217 e. The maximum Gasteiger partial charge on any atom is 0.217 e. The molecule has 0 saturated heterocycles. The number of pyridine rings is 1. The summed E-state index contributed by atoms with van der Waals surface area (Å²) in [7, 11) is 0.212. The Labute approximate surface area is 138 Å². The fourth-order valence-electron chi connectivity index (χ4n) is 2.59. The number of fused-ring (bicyclic) bond motifs is 1. The van der Waals surface area contributed by atoms with Crippen LogP contribution in [0.25, 0.3) is 10.9 Å². The van der Waals surface area contributed by atoms with Crippen molar-refractivity contribution in [3.05, 3.63) is 34.9 Å². The average molecular weight is 341 g/mol. The van der Waals surface area contributed by atoms with Crippen molar-refractivity contribution in [1.29, 1.82) is 0 Å². The Morgan fingerprint density at radius 1 is 1.41 bits per heavy atom. The fourth-order valence-corrected chi connectivity index (χ4v) is 3.19. The normalized spacial score (nSPS) is 14.8. The van der Waals surface area contributed by atoms with Gasteiger partial charge in [-0.05, 0) is 50.5 Å². The Morgan fingerprint density at radius 2 is 2.09 bits per heavy atom. The molecule has 22 heavy (non-hydrogen) atoms. The van der Waals surface area contributed by atoms with Gasteiger partial charge in [-0.25, -0.2) is 9.19 Å². The predicted octanol–water partition coefficient (Wildman–Crippen LogP) is 3.79. The molecule has 2 N–H and O–H groups in total. The summed E-state index contributed by atoms with van der Waals surface area (Å²) in [4.78, 5) is 4.54. The van der Waals surface area contributed by atoms with E-state index in [0.717, 1.165) is 16.5 Å². The van der Waals surface area contributed by atoms with Gasteiger partial charge in [-0.15, -0.1) is 0 Å². The van der Waals surface area contributed by atoms with Crippen LogP contribution in [0.2, 0.25) is 5.02 Å². The first-order valence-electron chi connectivity index (χ1n) is 7.05. The van der Waals surface area contributed by atoms with Gasteiger partial charge >= 0.3 is 0 Å². The summed E-state index contributed by atoms with van der Waals surface area (Å²) in [5, 5.41) is 7.21. The lowest BCUT2D eigenvalue weighted by atomic mass is 9.91. The summed E-state index contributed by atoms with van der Waals surface area (Å²) < 4.78 is 16.6. The lowest BCUT2D eigenvalue weighted by Gasteiger charge is -2.26. The summed E-state index contributed by atoms with van der Waals surface area (Å²) in [6.45, 7) is 5.86. The molecule has 0 spiro atoms. The molecule has 0 radical (unpaired) electrons. The van der Waals surface area contributed by atoms with Crippen molar-refractivity contribution in [2.24, 2.45) is 5.14 Å². The van der Waals surface area contributed by atoms with Gasteiger partial charge in [0.2, 0.25) is 5.88 Å². The molecule has 1 aromatic heterocycles. The molecule has 120 valence electrons. The number of aromatic nitrogens is 1. The van der Waals surface area contributed by atoms with Crippen LogP contribution >= 0.6 is 11.6 Å². The second kappa shape index (κ2) is 6.52. The summed E-state index contributed by atoms with van der Waals surface area (Å²) >= 11 is 6.06. The van der Waals surface area contributed by atoms with Crippen molar-refractivity contribution < 1.29 is 8.95 Å². The molecule has 1 unspecified atom stereocenters. The Bertz CT molecular complexity index is 719. The Hall–Kier alpha value is -1.17. The van der Waals surface area contributed by atoms with Gasteiger partial charge < -0.3 is 4.74 Å². The summed E-state index contributed by atoms with van der Waals surface area (Å²) in [6, 6.07) is 7.59. The second-order valence-electron chi connectivity index (χ2n) is 6.09. The number of halogens is 1. The molecule has 1 heterocycles. The first kappa shape index (κ1) is 17.2. The van der Waals surface area contributed by atoms with Gasteiger partial charge in [-0.2, -0.15) is 0 Å². The number of ether oxygens (including phenoxy) is 1. The van der Waals surface area contributed by atoms with Crippen molar-refractivity contribution in [3.8, 4) is 5.88 Å². The van der Waals surface area contributed by atoms with Gasteiger partial charge in [0.05, 0.1) is 28.4 Å². The summed E-state index contributed by atoms with van der Waals surface area (Å²) in [6.07, 6.45) is 0.667. The van der Waals surface area contributed by atoms with E-state index in [1.165, 1.54) is 0 Å². The predicted molar refractivity (Wildman–Crippen MR) is 92.7 cm³/mol. The van der Waals surface area contributed by atoms with Crippen LogP contribution in [0.3, 0.4) is 0 Å². The molecule has 0 fully saturated rings. The molecule has 2 aromatic rings. The Balaban J connectivity index is 2.46. The molecule has 0 bridgehead atoms. The van der Waals surface area contributed by atoms with Crippen LogP contribution in [0.15, 0.2) is 24.3 Å². The highest BCUT2D eigenvalue weighted by Gasteiger charge is 2.28. The van der Waals surface area contributed by atoms with Crippen LogP contribution in [0.4, 0.5) is 0 Å². The molecule has 4 nitrogen and oxygen atoms in total. The molecule has 2 atom stereocenters. The number of hydrogen-bond donors (Lipinski definition) is 1. The van der Waals surface area contributed by atoms with E-state index in [0.29, 0.717) is 17.3 Å². The molecule has 0 aliphatic rings. The molecule has 0 amide bonds. The highest BCUT2D eigenvalue weighted by Crippen LogP contribution is 2.35. The topological polar surface area (TPSA) is 65.2 Å². The molecule has 1 aromatic carbocycles. The largest absolute Gasteiger partial charge is 0.481 e. The van der Waals surface area contributed by atoms with Crippen LogP contribution in [0, 0.1) is 0 Å². The summed E-state index contributed by atoms with van der Waals surface area (Å²) in [5.74, 6) is 0.689. The zero-order valence-electron chi connectivity index (χ0n) is 13.2. The number of benzene rings is 1. The summed E-state index contributed by atoms with van der Waals surface area (Å²) in [5.41, 5.74) is 1.80. The third-order valence-corrected chi connectivity index (χ3v) is 5.33. The minimum Gasteiger partial charge on any atom is -0.481 e. The van der Waals surface area contributed by atoms with Crippen molar-refractivity contribution in [3.63, 3.8) is 0 Å². The van der Waals surface area contributed by atoms with Crippen LogP contribution in [-0.4, -0.2) is 21.0 Å². The number of methoxy groups -OCH3 is 1. The van der Waals surface area contributed by atoms with Gasteiger partial charge in [0, 0.05) is 16.0 Å². The van der Waals surface area contributed by atoms with E-state index in [9.17, 15) is 4.21 Å². The molecular weight excluding hydrogens is 320 g/mol. The van der Waals surface area contributed by atoms with E-state index < -0.39 is 15.7 Å². The maximum absolute atomic E-state index is 11.7. The lowest BCUT2D eigenvalue weighted by molar-refractivity contribution is 0.388. The van der Waals surface area contributed by atoms with E-state index >= 15 is 0 Å². The van der Waals surface area contributed by atoms with Crippen LogP contribution < -0.4 is 9.88 Å². The van der Waals surface area contributed by atoms with E-state index in [-0.39, 0.29) is 5.92 Å². The number of hydrogen-bond acceptors (Lipinski definition) is 3. The molecule has 0 aliphatic carbocycles. The molecule has 6 heteroatoms. The molecular formula is C16H21ClN2O2S. The standard InChI is InChI=1S/C16H21ClN2O2S/c1-10(9-16(2,3)22(18)20)13-8-11-7-12(17)5-6-14(11)19-15(13)21-4/h5-8,10H,9,18H2,1-4H3/t10-,22?/m0/s1. The Kier molecular flexibility index (Phi) is 5.10. The number of rotatable bonds is 5. The zero-order chi connectivity index (χ0) is 16.5. The highest BCUT2D eigenvalue weighted by atomic mass is 35.5. The van der Waals surface area contributed by atoms with Crippen molar-refractivity contribution in [1.82, 2.24) is 4.98 Å². The third-order valence-electron chi connectivity index (χ3n) is 3.84. The van der Waals surface area contributed by atoms with Crippen molar-refractivity contribution in [2.45, 2.75) is 37.9 Å². The lowest BCUT2D eigenvalue weighted by Crippen LogP contribution is -2.33. The van der Waals surface area contributed by atoms with Gasteiger partial charge in [0.25, 0.3) is 0 Å². The fraction of sp³-hybridized carbons (Fsp3) is 0.438. The monoisotopic (exact) mass is 340 g/mol. The quantitative estimate of drug-likeness (QED) is 0.900. The van der Waals surface area contributed by atoms with Gasteiger partial charge in [-0.3, -0.25) is 5.14 Å².